The van der Waals surface area contributed by atoms with Gasteiger partial charge >= 0.3 is 0 Å². The lowest BCUT2D eigenvalue weighted by molar-refractivity contribution is 1.14. The summed E-state index contributed by atoms with van der Waals surface area (Å²) in [6.45, 7) is 6.93. The lowest BCUT2D eigenvalue weighted by Crippen LogP contribution is -2.16. The molecule has 4 heterocycles. The fourth-order valence-electron chi connectivity index (χ4n) is 15.9. The van der Waals surface area contributed by atoms with Gasteiger partial charge in [0.2, 0.25) is 0 Å². The van der Waals surface area contributed by atoms with Crippen LogP contribution in [0.25, 0.3) is 143 Å². The van der Waals surface area contributed by atoms with Gasteiger partial charge in [0, 0.05) is 97.9 Å². The molecule has 0 amide bonds. The summed E-state index contributed by atoms with van der Waals surface area (Å²) in [5.41, 5.74) is 27.0. The predicted octanol–water partition coefficient (Wildman–Crippen LogP) is 25.6. The Labute approximate surface area is 578 Å². The molecule has 0 radical (unpaired) electrons. The number of hydrogen-bond donors (Lipinski definition) is 0. The van der Waals surface area contributed by atoms with Crippen LogP contribution >= 0.6 is 11.8 Å². The highest BCUT2D eigenvalue weighted by Crippen LogP contribution is 2.55. The van der Waals surface area contributed by atoms with Crippen LogP contribution in [0.4, 0.5) is 17.1 Å². The Kier molecular flexibility index (Phi) is 13.8. The van der Waals surface area contributed by atoms with E-state index >= 15 is 0 Å². The summed E-state index contributed by atoms with van der Waals surface area (Å²) in [4.78, 5) is 5.02. The van der Waals surface area contributed by atoms with Crippen LogP contribution < -0.4 is 4.90 Å². The summed E-state index contributed by atoms with van der Waals surface area (Å²) in [7, 11) is 0. The summed E-state index contributed by atoms with van der Waals surface area (Å²) in [6, 6.07) is 126. The molecule has 0 aliphatic rings. The normalized spacial score (nSPS) is 11.8. The van der Waals surface area contributed by atoms with Crippen LogP contribution in [-0.4, -0.2) is 18.3 Å². The van der Waals surface area contributed by atoms with E-state index in [-0.39, 0.29) is 0 Å². The minimum atomic E-state index is 1.06. The van der Waals surface area contributed by atoms with E-state index in [0.717, 1.165) is 122 Å². The van der Waals surface area contributed by atoms with Crippen molar-refractivity contribution in [2.24, 2.45) is 0 Å². The molecule has 0 fully saturated rings. The zero-order chi connectivity index (χ0) is 65.8. The molecule has 468 valence electrons. The quantitative estimate of drug-likeness (QED) is 0.122. The third-order valence-electron chi connectivity index (χ3n) is 20.4. The SMILES string of the molecule is Cc1ccc(-n2c3ccccc3c3ccccc32)cc1Sc1cc(-c2ccccc2)cc(N(c2cc(-n3c4ccccc4c4ccccc43)ccc2C)c2c(-c3cccc4c5ccccc5n(-c5ccccc5)c34)cccc2-c2cccc3c4ccccc4n(-c4ccccc4)c23)c1C. The molecular formula is C93H65N5S. The Morgan fingerprint density at radius 3 is 1.07 bits per heavy atom. The van der Waals surface area contributed by atoms with Crippen LogP contribution in [0.5, 0.6) is 0 Å². The van der Waals surface area contributed by atoms with Crippen LogP contribution in [-0.2, 0) is 0 Å². The third-order valence-corrected chi connectivity index (χ3v) is 21.7. The van der Waals surface area contributed by atoms with Crippen molar-refractivity contribution in [2.75, 3.05) is 4.90 Å². The first kappa shape index (κ1) is 58.0. The molecule has 5 nitrogen and oxygen atoms in total. The molecule has 0 aliphatic carbocycles. The number of aromatic nitrogens is 4. The van der Waals surface area contributed by atoms with Crippen LogP contribution in [0.15, 0.2) is 350 Å². The zero-order valence-corrected chi connectivity index (χ0v) is 55.8. The molecule has 19 rings (SSSR count). The second kappa shape index (κ2) is 23.5. The Hall–Kier alpha value is -12.4. The van der Waals surface area contributed by atoms with E-state index in [1.807, 2.05) is 11.8 Å². The van der Waals surface area contributed by atoms with Gasteiger partial charge in [-0.25, -0.2) is 0 Å². The molecule has 15 aromatic carbocycles. The van der Waals surface area contributed by atoms with Gasteiger partial charge in [0.1, 0.15) is 0 Å². The summed E-state index contributed by atoms with van der Waals surface area (Å²) in [6.07, 6.45) is 0. The lowest BCUT2D eigenvalue weighted by atomic mass is 9.91. The summed E-state index contributed by atoms with van der Waals surface area (Å²) < 4.78 is 9.90. The van der Waals surface area contributed by atoms with Crippen molar-refractivity contribution in [3.63, 3.8) is 0 Å². The van der Waals surface area contributed by atoms with Crippen molar-refractivity contribution in [1.82, 2.24) is 18.3 Å². The van der Waals surface area contributed by atoms with Gasteiger partial charge in [0.15, 0.2) is 0 Å². The Morgan fingerprint density at radius 2 is 0.606 bits per heavy atom. The fraction of sp³-hybridized carbons (Fsp3) is 0.0323. The highest BCUT2D eigenvalue weighted by Gasteiger charge is 2.31. The van der Waals surface area contributed by atoms with E-state index in [0.29, 0.717) is 0 Å². The molecule has 4 aromatic heterocycles. The molecule has 0 spiro atoms. The minimum Gasteiger partial charge on any atom is -0.309 e. The first-order chi connectivity index (χ1) is 48.9. The van der Waals surface area contributed by atoms with Crippen molar-refractivity contribution >= 4 is 116 Å². The van der Waals surface area contributed by atoms with Gasteiger partial charge in [-0.15, -0.1) is 0 Å². The van der Waals surface area contributed by atoms with E-state index in [9.17, 15) is 0 Å². The molecule has 0 atom stereocenters. The maximum atomic E-state index is 2.67. The van der Waals surface area contributed by atoms with Gasteiger partial charge in [0.25, 0.3) is 0 Å². The standard InChI is InChI=1S/C93H65N5S/c1-60-52-54-67(94-81-46-19-13-34-69(81)70-35-14-20-47-82(70)94)58-87(60)98(88-56-64(63-28-7-4-8-29-63)57-90(62(88)3)99-89-59-68(55-53-61(89)2)95-83-48-21-15-36-71(83)72-37-16-22-49-84(72)95)93-79(77-42-25-40-75-73-38-17-23-50-85(73)96(91(75)77)65-30-9-5-10-31-65)44-27-45-80(93)78-43-26-41-76-74-39-18-24-51-86(74)97(92(76)78)66-32-11-6-12-33-66/h4-59H,1-3H3. The number of hydrogen-bond acceptors (Lipinski definition) is 2. The van der Waals surface area contributed by atoms with E-state index in [2.05, 4.69) is 384 Å². The zero-order valence-electron chi connectivity index (χ0n) is 55.0. The maximum absolute atomic E-state index is 2.67. The maximum Gasteiger partial charge on any atom is 0.0620 e. The van der Waals surface area contributed by atoms with Crippen molar-refractivity contribution in [3.8, 4) is 56.1 Å². The number of aryl methyl sites for hydroxylation is 2. The highest BCUT2D eigenvalue weighted by molar-refractivity contribution is 7.99. The minimum absolute atomic E-state index is 1.06. The van der Waals surface area contributed by atoms with Gasteiger partial charge in [-0.3, -0.25) is 0 Å². The van der Waals surface area contributed by atoms with Crippen LogP contribution in [0.1, 0.15) is 16.7 Å². The number of nitrogens with zero attached hydrogens (tertiary/aromatic N) is 5. The molecular weight excluding hydrogens is 1220 g/mol. The Bertz CT molecular complexity index is 6140. The smallest absolute Gasteiger partial charge is 0.0620 e. The van der Waals surface area contributed by atoms with Crippen LogP contribution in [0.3, 0.4) is 0 Å². The second-order valence-corrected chi connectivity index (χ2v) is 27.1. The number of fused-ring (bicyclic) bond motifs is 12. The summed E-state index contributed by atoms with van der Waals surface area (Å²) in [5, 5.41) is 9.69. The van der Waals surface area contributed by atoms with Crippen molar-refractivity contribution < 1.29 is 0 Å². The predicted molar refractivity (Wildman–Crippen MR) is 420 cm³/mol. The van der Waals surface area contributed by atoms with Gasteiger partial charge in [-0.05, 0) is 146 Å². The monoisotopic (exact) mass is 1280 g/mol. The van der Waals surface area contributed by atoms with Gasteiger partial charge in [-0.1, -0.05) is 254 Å². The van der Waals surface area contributed by atoms with E-state index in [1.165, 1.54) is 64.6 Å². The molecule has 0 saturated heterocycles. The van der Waals surface area contributed by atoms with Gasteiger partial charge in [0.05, 0.1) is 61.2 Å². The third kappa shape index (κ3) is 9.32. The largest absolute Gasteiger partial charge is 0.309 e. The molecule has 99 heavy (non-hydrogen) atoms. The van der Waals surface area contributed by atoms with Gasteiger partial charge < -0.3 is 23.2 Å². The highest BCUT2D eigenvalue weighted by atomic mass is 32.2. The van der Waals surface area contributed by atoms with Crippen molar-refractivity contribution in [2.45, 2.75) is 30.6 Å². The van der Waals surface area contributed by atoms with Gasteiger partial charge in [-0.2, -0.15) is 0 Å². The Morgan fingerprint density at radius 1 is 0.242 bits per heavy atom. The molecule has 0 saturated carbocycles. The van der Waals surface area contributed by atoms with Crippen LogP contribution in [0.2, 0.25) is 0 Å². The molecule has 6 heteroatoms. The first-order valence-corrected chi connectivity index (χ1v) is 34.9. The van der Waals surface area contributed by atoms with Crippen LogP contribution in [0, 0.1) is 20.8 Å². The Balaban J connectivity index is 0.958. The van der Waals surface area contributed by atoms with E-state index < -0.39 is 0 Å². The topological polar surface area (TPSA) is 23.0 Å². The number of benzene rings is 15. The number of para-hydroxylation sites is 11. The number of anilines is 3. The summed E-state index contributed by atoms with van der Waals surface area (Å²) >= 11 is 1.86. The molecule has 0 aliphatic heterocycles. The molecule has 0 unspecified atom stereocenters. The average Bonchev–Trinajstić information content (AvgIpc) is 1.71. The molecule has 0 N–H and O–H groups in total. The molecule has 19 aromatic rings. The second-order valence-electron chi connectivity index (χ2n) is 26.1. The first-order valence-electron chi connectivity index (χ1n) is 34.1. The summed E-state index contributed by atoms with van der Waals surface area (Å²) in [5.74, 6) is 0. The van der Waals surface area contributed by atoms with E-state index in [4.69, 9.17) is 0 Å². The lowest BCUT2D eigenvalue weighted by Gasteiger charge is -2.34. The average molecular weight is 1280 g/mol. The van der Waals surface area contributed by atoms with Crippen molar-refractivity contribution in [3.05, 3.63) is 356 Å². The fourth-order valence-corrected chi connectivity index (χ4v) is 17.0. The number of rotatable bonds is 12. The van der Waals surface area contributed by atoms with E-state index in [1.54, 1.807) is 0 Å². The van der Waals surface area contributed by atoms with Crippen molar-refractivity contribution in [1.29, 1.82) is 0 Å². The molecule has 0 bridgehead atoms.